The molecular formula is C24H24N6. The smallest absolute Gasteiger partial charge is 0.224 e. The van der Waals surface area contributed by atoms with Crippen LogP contribution >= 0.6 is 0 Å². The van der Waals surface area contributed by atoms with E-state index in [1.165, 1.54) is 32.9 Å². The van der Waals surface area contributed by atoms with Gasteiger partial charge in [-0.05, 0) is 42.2 Å². The predicted molar refractivity (Wildman–Crippen MR) is 123 cm³/mol. The van der Waals surface area contributed by atoms with Crippen molar-refractivity contribution in [3.05, 3.63) is 84.3 Å². The number of H-pyrrole nitrogens is 2. The lowest BCUT2D eigenvalue weighted by Gasteiger charge is -2.08. The molecule has 0 aliphatic heterocycles. The Kier molecular flexibility index (Phi) is 5.04. The summed E-state index contributed by atoms with van der Waals surface area (Å²) in [4.78, 5) is 15.6. The Labute approximate surface area is 174 Å². The quantitative estimate of drug-likeness (QED) is 0.305. The second-order valence-electron chi connectivity index (χ2n) is 7.34. The lowest BCUT2D eigenvalue weighted by atomic mass is 10.1. The highest BCUT2D eigenvalue weighted by Gasteiger charge is 2.05. The van der Waals surface area contributed by atoms with E-state index >= 15 is 0 Å². The zero-order chi connectivity index (χ0) is 20.2. The Hall–Kier alpha value is -3.80. The normalized spacial score (nSPS) is 11.2. The molecule has 3 aromatic heterocycles. The van der Waals surface area contributed by atoms with E-state index in [4.69, 9.17) is 0 Å². The fraction of sp³-hybridized carbons (Fsp3) is 0.167. The first kappa shape index (κ1) is 18.2. The van der Waals surface area contributed by atoms with Crippen LogP contribution in [0, 0.1) is 0 Å². The number of aromatic nitrogens is 4. The summed E-state index contributed by atoms with van der Waals surface area (Å²) in [6.07, 6.45) is 7.79. The Balaban J connectivity index is 1.15. The summed E-state index contributed by atoms with van der Waals surface area (Å²) in [5.41, 5.74) is 4.96. The van der Waals surface area contributed by atoms with E-state index in [1.807, 2.05) is 12.1 Å². The SMILES string of the molecule is c1ccc2c(CCNc3ccnc(NCCc4c[nH]c5ccccc45)n3)c[nH]c2c1. The molecule has 3 heterocycles. The molecule has 0 fully saturated rings. The van der Waals surface area contributed by atoms with Crippen LogP contribution in [0.15, 0.2) is 73.2 Å². The zero-order valence-electron chi connectivity index (χ0n) is 16.7. The van der Waals surface area contributed by atoms with Gasteiger partial charge in [0.05, 0.1) is 0 Å². The van der Waals surface area contributed by atoms with Crippen molar-refractivity contribution in [2.75, 3.05) is 23.7 Å². The van der Waals surface area contributed by atoms with Crippen LogP contribution in [-0.4, -0.2) is 33.0 Å². The van der Waals surface area contributed by atoms with Crippen LogP contribution in [0.3, 0.4) is 0 Å². The highest BCUT2D eigenvalue weighted by Crippen LogP contribution is 2.19. The van der Waals surface area contributed by atoms with Gasteiger partial charge in [0.1, 0.15) is 5.82 Å². The number of hydrogen-bond acceptors (Lipinski definition) is 4. The van der Waals surface area contributed by atoms with E-state index in [1.54, 1.807) is 6.20 Å². The average Bonchev–Trinajstić information content (AvgIpc) is 3.39. The van der Waals surface area contributed by atoms with Crippen molar-refractivity contribution >= 4 is 33.6 Å². The standard InChI is InChI=1S/C24H24N6/c1-3-7-21-19(5-1)17(15-28-21)9-12-25-23-11-14-27-24(30-23)26-13-10-18-16-29-22-8-4-2-6-20(18)22/h1-8,11,14-16,28-29H,9-10,12-13H2,(H2,25,26,27,30). The number of hydrogen-bond donors (Lipinski definition) is 4. The van der Waals surface area contributed by atoms with E-state index in [0.717, 1.165) is 31.7 Å². The monoisotopic (exact) mass is 396 g/mol. The highest BCUT2D eigenvalue weighted by atomic mass is 15.1. The maximum Gasteiger partial charge on any atom is 0.224 e. The summed E-state index contributed by atoms with van der Waals surface area (Å²) < 4.78 is 0. The van der Waals surface area contributed by atoms with Crippen molar-refractivity contribution < 1.29 is 0 Å². The molecule has 0 aliphatic carbocycles. The molecule has 2 aromatic carbocycles. The zero-order valence-corrected chi connectivity index (χ0v) is 16.7. The summed E-state index contributed by atoms with van der Waals surface area (Å²) >= 11 is 0. The number of nitrogens with one attached hydrogen (secondary N) is 4. The van der Waals surface area contributed by atoms with Gasteiger partial charge in [-0.2, -0.15) is 4.98 Å². The number of fused-ring (bicyclic) bond motifs is 2. The first-order valence-electron chi connectivity index (χ1n) is 10.3. The van der Waals surface area contributed by atoms with E-state index in [-0.39, 0.29) is 0 Å². The van der Waals surface area contributed by atoms with Crippen molar-refractivity contribution in [2.24, 2.45) is 0 Å². The van der Waals surface area contributed by atoms with Crippen LogP contribution in [0.25, 0.3) is 21.8 Å². The van der Waals surface area contributed by atoms with Gasteiger partial charge < -0.3 is 20.6 Å². The molecule has 5 aromatic rings. The van der Waals surface area contributed by atoms with Crippen molar-refractivity contribution in [3.63, 3.8) is 0 Å². The van der Waals surface area contributed by atoms with Gasteiger partial charge in [-0.15, -0.1) is 0 Å². The largest absolute Gasteiger partial charge is 0.370 e. The van der Waals surface area contributed by atoms with E-state index in [9.17, 15) is 0 Å². The second-order valence-corrected chi connectivity index (χ2v) is 7.34. The molecule has 0 aliphatic rings. The number of benzene rings is 2. The Morgan fingerprint density at radius 1 is 0.700 bits per heavy atom. The Morgan fingerprint density at radius 2 is 1.30 bits per heavy atom. The third-order valence-electron chi connectivity index (χ3n) is 5.38. The maximum absolute atomic E-state index is 4.59. The van der Waals surface area contributed by atoms with Gasteiger partial charge in [0.15, 0.2) is 0 Å². The topological polar surface area (TPSA) is 81.4 Å². The van der Waals surface area contributed by atoms with Gasteiger partial charge in [-0.3, -0.25) is 0 Å². The molecule has 4 N–H and O–H groups in total. The summed E-state index contributed by atoms with van der Waals surface area (Å²) in [5.74, 6) is 1.48. The average molecular weight is 396 g/mol. The lowest BCUT2D eigenvalue weighted by molar-refractivity contribution is 0.976. The number of anilines is 2. The molecule has 30 heavy (non-hydrogen) atoms. The summed E-state index contributed by atoms with van der Waals surface area (Å²) in [7, 11) is 0. The van der Waals surface area contributed by atoms with Crippen LogP contribution in [0.1, 0.15) is 11.1 Å². The minimum absolute atomic E-state index is 0.645. The molecule has 0 amide bonds. The molecule has 6 heteroatoms. The molecule has 0 spiro atoms. The lowest BCUT2D eigenvalue weighted by Crippen LogP contribution is -2.10. The molecule has 0 radical (unpaired) electrons. The minimum atomic E-state index is 0.645. The first-order chi connectivity index (χ1) is 14.9. The predicted octanol–water partition coefficient (Wildman–Crippen LogP) is 4.75. The summed E-state index contributed by atoms with van der Waals surface area (Å²) in [6.45, 7) is 1.59. The molecular weight excluding hydrogens is 372 g/mol. The number of para-hydroxylation sites is 2. The molecule has 0 atom stereocenters. The molecule has 0 saturated carbocycles. The van der Waals surface area contributed by atoms with Crippen LogP contribution in [0.4, 0.5) is 11.8 Å². The van der Waals surface area contributed by atoms with Crippen LogP contribution < -0.4 is 10.6 Å². The van der Waals surface area contributed by atoms with E-state index in [2.05, 4.69) is 85.4 Å². The number of nitrogens with zero attached hydrogens (tertiary/aromatic N) is 2. The van der Waals surface area contributed by atoms with Crippen LogP contribution in [0.2, 0.25) is 0 Å². The summed E-state index contributed by atoms with van der Waals surface area (Å²) in [5, 5.41) is 9.29. The molecule has 0 bridgehead atoms. The van der Waals surface area contributed by atoms with Gasteiger partial charge in [0.2, 0.25) is 5.95 Å². The van der Waals surface area contributed by atoms with Gasteiger partial charge in [-0.1, -0.05) is 36.4 Å². The van der Waals surface area contributed by atoms with Gasteiger partial charge in [0.25, 0.3) is 0 Å². The van der Waals surface area contributed by atoms with Crippen molar-refractivity contribution in [3.8, 4) is 0 Å². The van der Waals surface area contributed by atoms with Crippen molar-refractivity contribution in [1.82, 2.24) is 19.9 Å². The minimum Gasteiger partial charge on any atom is -0.370 e. The second kappa shape index (κ2) is 8.29. The third kappa shape index (κ3) is 3.85. The highest BCUT2D eigenvalue weighted by molar-refractivity contribution is 5.83. The molecule has 0 unspecified atom stereocenters. The van der Waals surface area contributed by atoms with Crippen LogP contribution in [0.5, 0.6) is 0 Å². The van der Waals surface area contributed by atoms with Gasteiger partial charge >= 0.3 is 0 Å². The first-order valence-corrected chi connectivity index (χ1v) is 10.3. The van der Waals surface area contributed by atoms with Gasteiger partial charge in [-0.25, -0.2) is 4.98 Å². The molecule has 0 saturated heterocycles. The van der Waals surface area contributed by atoms with E-state index in [0.29, 0.717) is 5.95 Å². The Bertz CT molecular complexity index is 1170. The molecule has 150 valence electrons. The van der Waals surface area contributed by atoms with Crippen LogP contribution in [-0.2, 0) is 12.8 Å². The van der Waals surface area contributed by atoms with E-state index < -0.39 is 0 Å². The Morgan fingerprint density at radius 3 is 1.97 bits per heavy atom. The van der Waals surface area contributed by atoms with Crippen molar-refractivity contribution in [1.29, 1.82) is 0 Å². The van der Waals surface area contributed by atoms with Crippen molar-refractivity contribution in [2.45, 2.75) is 12.8 Å². The maximum atomic E-state index is 4.59. The number of rotatable bonds is 8. The number of aromatic amines is 2. The summed E-state index contributed by atoms with van der Waals surface area (Å²) in [6, 6.07) is 18.6. The third-order valence-corrected chi connectivity index (χ3v) is 5.38. The van der Waals surface area contributed by atoms with Gasteiger partial charge in [0, 0.05) is 53.5 Å². The fourth-order valence-corrected chi connectivity index (χ4v) is 3.85. The molecule has 6 nitrogen and oxygen atoms in total. The molecule has 5 rings (SSSR count). The fourth-order valence-electron chi connectivity index (χ4n) is 3.85.